The molecular weight excluding hydrogens is 207 g/mol. The molecule has 0 bridgehead atoms. The van der Waals surface area contributed by atoms with Gasteiger partial charge in [-0.15, -0.1) is 0 Å². The first kappa shape index (κ1) is 11.0. The van der Waals surface area contributed by atoms with Crippen molar-refractivity contribution in [2.75, 3.05) is 0 Å². The first-order chi connectivity index (χ1) is 7.11. The summed E-state index contributed by atoms with van der Waals surface area (Å²) in [5.41, 5.74) is -1.80. The van der Waals surface area contributed by atoms with Gasteiger partial charge in [-0.2, -0.15) is 10.5 Å². The second kappa shape index (κ2) is 4.43. The minimum Gasteiger partial charge on any atom is -0.242 e. The van der Waals surface area contributed by atoms with E-state index >= 15 is 0 Å². The molecule has 0 unspecified atom stereocenters. The molecule has 1 aromatic rings. The van der Waals surface area contributed by atoms with Crippen molar-refractivity contribution in [3.63, 3.8) is 0 Å². The molecule has 15 heavy (non-hydrogen) atoms. The van der Waals surface area contributed by atoms with E-state index in [9.17, 15) is 13.2 Å². The van der Waals surface area contributed by atoms with E-state index in [-0.39, 0.29) is 0 Å². The van der Waals surface area contributed by atoms with Gasteiger partial charge >= 0.3 is 0 Å². The maximum Gasteiger partial charge on any atom is 0.267 e. The minimum atomic E-state index is -3.02. The van der Waals surface area contributed by atoms with Crippen LogP contribution in [-0.2, 0) is 6.42 Å². The van der Waals surface area contributed by atoms with E-state index < -0.39 is 35.5 Å². The van der Waals surface area contributed by atoms with Crippen LogP contribution in [0, 0.1) is 28.5 Å². The number of nitriles is 2. The Morgan fingerprint density at radius 2 is 2.07 bits per heavy atom. The summed E-state index contributed by atoms with van der Waals surface area (Å²) in [6.45, 7) is 0. The molecule has 3 nitrogen and oxygen atoms in total. The molecule has 0 aliphatic carbocycles. The van der Waals surface area contributed by atoms with Crippen molar-refractivity contribution >= 4 is 0 Å². The van der Waals surface area contributed by atoms with Crippen molar-refractivity contribution in [1.29, 1.82) is 10.5 Å². The van der Waals surface area contributed by atoms with Crippen LogP contribution in [0.5, 0.6) is 0 Å². The molecule has 0 aliphatic heterocycles. The van der Waals surface area contributed by atoms with E-state index in [4.69, 9.17) is 10.5 Å². The number of halogens is 3. The molecule has 6 heteroatoms. The number of hydrogen-bond acceptors (Lipinski definition) is 3. The number of hydrogen-bond donors (Lipinski definition) is 0. The normalized spacial score (nSPS) is 9.73. The van der Waals surface area contributed by atoms with Gasteiger partial charge in [-0.3, -0.25) is 0 Å². The zero-order valence-electron chi connectivity index (χ0n) is 7.34. The molecule has 1 heterocycles. The van der Waals surface area contributed by atoms with Crippen molar-refractivity contribution in [3.8, 4) is 12.1 Å². The van der Waals surface area contributed by atoms with Crippen molar-refractivity contribution in [2.24, 2.45) is 0 Å². The lowest BCUT2D eigenvalue weighted by Gasteiger charge is -2.07. The molecular formula is C9H4F3N3. The molecule has 0 spiro atoms. The third kappa shape index (κ3) is 2.05. The van der Waals surface area contributed by atoms with E-state index in [1.807, 2.05) is 0 Å². The molecule has 0 saturated carbocycles. The van der Waals surface area contributed by atoms with E-state index in [1.54, 1.807) is 6.07 Å². The highest BCUT2D eigenvalue weighted by molar-refractivity contribution is 5.40. The summed E-state index contributed by atoms with van der Waals surface area (Å²) in [4.78, 5) is 3.24. The van der Waals surface area contributed by atoms with E-state index in [1.165, 1.54) is 6.07 Å². The third-order valence-electron chi connectivity index (χ3n) is 1.76. The van der Waals surface area contributed by atoms with Gasteiger partial charge in [0, 0.05) is 5.56 Å². The number of aromatic nitrogens is 1. The number of alkyl halides is 2. The molecule has 76 valence electrons. The maximum atomic E-state index is 13.1. The van der Waals surface area contributed by atoms with Crippen molar-refractivity contribution in [2.45, 2.75) is 12.8 Å². The highest BCUT2D eigenvalue weighted by Gasteiger charge is 2.22. The molecule has 0 aromatic carbocycles. The Hall–Kier alpha value is -2.08. The smallest absolute Gasteiger partial charge is 0.242 e. The highest BCUT2D eigenvalue weighted by atomic mass is 19.3. The molecule has 1 rings (SSSR count). The van der Waals surface area contributed by atoms with Gasteiger partial charge in [0.15, 0.2) is 0 Å². The quantitative estimate of drug-likeness (QED) is 0.752. The number of rotatable bonds is 2. The SMILES string of the molecule is N#CCc1c(F)cnc(C#N)c1C(F)F. The van der Waals surface area contributed by atoms with Crippen LogP contribution in [0.2, 0.25) is 0 Å². The second-order valence-corrected chi connectivity index (χ2v) is 2.59. The Labute approximate surface area is 83.4 Å². The summed E-state index contributed by atoms with van der Waals surface area (Å²) in [6, 6.07) is 3.00. The molecule has 1 aromatic heterocycles. The molecule has 0 radical (unpaired) electrons. The molecule has 0 fully saturated rings. The molecule has 0 atom stereocenters. The monoisotopic (exact) mass is 211 g/mol. The lowest BCUT2D eigenvalue weighted by molar-refractivity contribution is 0.149. The van der Waals surface area contributed by atoms with Crippen LogP contribution in [0.3, 0.4) is 0 Å². The first-order valence-electron chi connectivity index (χ1n) is 3.84. The van der Waals surface area contributed by atoms with E-state index in [0.717, 1.165) is 0 Å². The fraction of sp³-hybridized carbons (Fsp3) is 0.222. The fourth-order valence-corrected chi connectivity index (χ4v) is 1.12. The predicted molar refractivity (Wildman–Crippen MR) is 43.2 cm³/mol. The molecule has 0 N–H and O–H groups in total. The second-order valence-electron chi connectivity index (χ2n) is 2.59. The van der Waals surface area contributed by atoms with Gasteiger partial charge in [0.1, 0.15) is 17.6 Å². The topological polar surface area (TPSA) is 60.5 Å². The Kier molecular flexibility index (Phi) is 3.25. The number of pyridine rings is 1. The van der Waals surface area contributed by atoms with E-state index in [2.05, 4.69) is 4.98 Å². The fourth-order valence-electron chi connectivity index (χ4n) is 1.12. The molecule has 0 aliphatic rings. The lowest BCUT2D eigenvalue weighted by Crippen LogP contribution is -2.04. The third-order valence-corrected chi connectivity index (χ3v) is 1.76. The Bertz CT molecular complexity index is 457. The van der Waals surface area contributed by atoms with Gasteiger partial charge in [-0.05, 0) is 0 Å². The highest BCUT2D eigenvalue weighted by Crippen LogP contribution is 2.27. The summed E-state index contributed by atoms with van der Waals surface area (Å²) in [5, 5.41) is 16.8. The van der Waals surface area contributed by atoms with E-state index in [0.29, 0.717) is 6.20 Å². The van der Waals surface area contributed by atoms with Crippen LogP contribution in [0.4, 0.5) is 13.2 Å². The Morgan fingerprint density at radius 3 is 2.53 bits per heavy atom. The standard InChI is InChI=1S/C9H4F3N3/c10-6-4-15-7(3-14)8(9(11)12)5(6)1-2-13/h4,9H,1H2. The van der Waals surface area contributed by atoms with Crippen molar-refractivity contribution < 1.29 is 13.2 Å². The summed E-state index contributed by atoms with van der Waals surface area (Å²) < 4.78 is 38.1. The van der Waals surface area contributed by atoms with Gasteiger partial charge in [0.2, 0.25) is 0 Å². The van der Waals surface area contributed by atoms with Gasteiger partial charge in [-0.1, -0.05) is 0 Å². The zero-order chi connectivity index (χ0) is 11.4. The van der Waals surface area contributed by atoms with Gasteiger partial charge in [-0.25, -0.2) is 18.2 Å². The van der Waals surface area contributed by atoms with Crippen LogP contribution in [0.15, 0.2) is 6.20 Å². The van der Waals surface area contributed by atoms with Crippen LogP contribution in [-0.4, -0.2) is 4.98 Å². The van der Waals surface area contributed by atoms with Crippen LogP contribution < -0.4 is 0 Å². The molecule has 0 saturated heterocycles. The van der Waals surface area contributed by atoms with Crippen LogP contribution in [0.1, 0.15) is 23.2 Å². The van der Waals surface area contributed by atoms with Gasteiger partial charge in [0.05, 0.1) is 24.3 Å². The lowest BCUT2D eigenvalue weighted by atomic mass is 10.0. The predicted octanol–water partition coefficient (Wildman–Crippen LogP) is 2.10. The first-order valence-corrected chi connectivity index (χ1v) is 3.84. The Balaban J connectivity index is 3.47. The van der Waals surface area contributed by atoms with Crippen LogP contribution in [0.25, 0.3) is 0 Å². The molecule has 0 amide bonds. The summed E-state index contributed by atoms with van der Waals surface area (Å²) in [7, 11) is 0. The number of nitrogens with zero attached hydrogens (tertiary/aromatic N) is 3. The van der Waals surface area contributed by atoms with Crippen molar-refractivity contribution in [3.05, 3.63) is 28.8 Å². The minimum absolute atomic E-state index is 0.459. The zero-order valence-corrected chi connectivity index (χ0v) is 7.34. The summed E-state index contributed by atoms with van der Waals surface area (Å²) in [5.74, 6) is -0.995. The average molecular weight is 211 g/mol. The van der Waals surface area contributed by atoms with Gasteiger partial charge in [0.25, 0.3) is 6.43 Å². The largest absolute Gasteiger partial charge is 0.267 e. The summed E-state index contributed by atoms with van der Waals surface area (Å²) >= 11 is 0. The Morgan fingerprint density at radius 1 is 1.40 bits per heavy atom. The van der Waals surface area contributed by atoms with Crippen LogP contribution >= 0.6 is 0 Å². The van der Waals surface area contributed by atoms with Crippen molar-refractivity contribution in [1.82, 2.24) is 4.98 Å². The maximum absolute atomic E-state index is 13.1. The summed E-state index contributed by atoms with van der Waals surface area (Å²) in [6.07, 6.45) is -2.87. The van der Waals surface area contributed by atoms with Gasteiger partial charge < -0.3 is 0 Å². The average Bonchev–Trinajstić information content (AvgIpc) is 2.20.